The number of nitriles is 1. The van der Waals surface area contributed by atoms with Crippen LogP contribution in [0.1, 0.15) is 39.8 Å². The number of carbonyl (C=O) groups is 1. The van der Waals surface area contributed by atoms with Crippen LogP contribution in [0.25, 0.3) is 17.1 Å². The smallest absolute Gasteiger partial charge is 0.341 e. The van der Waals surface area contributed by atoms with Crippen molar-refractivity contribution in [3.05, 3.63) is 64.7 Å². The third-order valence-electron chi connectivity index (χ3n) is 5.46. The van der Waals surface area contributed by atoms with Gasteiger partial charge in [-0.1, -0.05) is 12.1 Å². The second-order valence-corrected chi connectivity index (χ2v) is 7.70. The maximum atomic E-state index is 12.3. The number of carbonyl (C=O) groups excluding carboxylic acids is 1. The lowest BCUT2D eigenvalue weighted by Gasteiger charge is -2.09. The lowest BCUT2D eigenvalue weighted by molar-refractivity contribution is 0.0524. The van der Waals surface area contributed by atoms with Crippen molar-refractivity contribution in [2.45, 2.75) is 27.7 Å². The zero-order valence-corrected chi connectivity index (χ0v) is 19.6. The van der Waals surface area contributed by atoms with Crippen LogP contribution in [0.15, 0.2) is 36.7 Å². The SMILES string of the molecule is CCOC(=O)c1c(C)nn(-c2cc(Nc3c(C)c(-c4ccc(C#N)cc4)nn3C)ncn2)c1C. The van der Waals surface area contributed by atoms with E-state index in [1.54, 1.807) is 48.3 Å². The zero-order valence-electron chi connectivity index (χ0n) is 19.6. The van der Waals surface area contributed by atoms with Gasteiger partial charge >= 0.3 is 5.97 Å². The molecule has 0 spiro atoms. The summed E-state index contributed by atoms with van der Waals surface area (Å²) < 4.78 is 8.50. The van der Waals surface area contributed by atoms with Crippen molar-refractivity contribution >= 4 is 17.6 Å². The van der Waals surface area contributed by atoms with E-state index >= 15 is 0 Å². The molecule has 0 amide bonds. The Balaban J connectivity index is 1.65. The maximum absolute atomic E-state index is 12.3. The van der Waals surface area contributed by atoms with Crippen LogP contribution < -0.4 is 5.32 Å². The summed E-state index contributed by atoms with van der Waals surface area (Å²) >= 11 is 0. The Bertz CT molecular complexity index is 1410. The summed E-state index contributed by atoms with van der Waals surface area (Å²) in [5.74, 6) is 1.43. The summed E-state index contributed by atoms with van der Waals surface area (Å²) in [5, 5.41) is 21.5. The Morgan fingerprint density at radius 1 is 1.15 bits per heavy atom. The van der Waals surface area contributed by atoms with E-state index in [-0.39, 0.29) is 0 Å². The Hall–Kier alpha value is -4.52. The topological polar surface area (TPSA) is 124 Å². The fourth-order valence-corrected chi connectivity index (χ4v) is 3.80. The summed E-state index contributed by atoms with van der Waals surface area (Å²) in [4.78, 5) is 21.0. The Morgan fingerprint density at radius 2 is 1.88 bits per heavy atom. The van der Waals surface area contributed by atoms with Gasteiger partial charge in [-0.3, -0.25) is 4.68 Å². The van der Waals surface area contributed by atoms with Crippen molar-refractivity contribution in [1.82, 2.24) is 29.5 Å². The van der Waals surface area contributed by atoms with Crippen LogP contribution in [0.4, 0.5) is 11.6 Å². The summed E-state index contributed by atoms with van der Waals surface area (Å²) in [6.07, 6.45) is 1.44. The third-order valence-corrected chi connectivity index (χ3v) is 5.46. The largest absolute Gasteiger partial charge is 0.462 e. The number of esters is 1. The van der Waals surface area contributed by atoms with E-state index in [1.807, 2.05) is 26.1 Å². The predicted molar refractivity (Wildman–Crippen MR) is 126 cm³/mol. The van der Waals surface area contributed by atoms with Crippen molar-refractivity contribution in [1.29, 1.82) is 5.26 Å². The minimum absolute atomic E-state index is 0.291. The van der Waals surface area contributed by atoms with Gasteiger partial charge in [0.2, 0.25) is 0 Å². The first-order valence-corrected chi connectivity index (χ1v) is 10.7. The number of nitrogens with one attached hydrogen (secondary N) is 1. The average Bonchev–Trinajstić information content (AvgIpc) is 3.29. The molecule has 0 saturated carbocycles. The molecule has 3 heterocycles. The molecular formula is C24H24N8O2. The average molecular weight is 457 g/mol. The van der Waals surface area contributed by atoms with Crippen molar-refractivity contribution < 1.29 is 9.53 Å². The zero-order chi connectivity index (χ0) is 24.4. The lowest BCUT2D eigenvalue weighted by atomic mass is 10.1. The van der Waals surface area contributed by atoms with Gasteiger partial charge in [-0.25, -0.2) is 19.4 Å². The Kier molecular flexibility index (Phi) is 6.10. The highest BCUT2D eigenvalue weighted by Crippen LogP contribution is 2.29. The standard InChI is InChI=1S/C24H24N8O2/c1-6-34-24(33)21-15(3)29-32(16(21)4)20-11-19(26-13-27-20)28-23-14(2)22(30-31(23)5)18-9-7-17(12-25)8-10-18/h7-11,13H,6H2,1-5H3,(H,26,27,28). The van der Waals surface area contributed by atoms with Gasteiger partial charge in [-0.2, -0.15) is 15.5 Å². The number of nitrogens with zero attached hydrogens (tertiary/aromatic N) is 7. The van der Waals surface area contributed by atoms with Crippen molar-refractivity contribution in [2.75, 3.05) is 11.9 Å². The van der Waals surface area contributed by atoms with Crippen molar-refractivity contribution in [2.24, 2.45) is 7.05 Å². The Labute approximate surface area is 196 Å². The van der Waals surface area contributed by atoms with E-state index in [1.165, 1.54) is 6.33 Å². The second-order valence-electron chi connectivity index (χ2n) is 7.70. The summed E-state index contributed by atoms with van der Waals surface area (Å²) in [7, 11) is 1.84. The molecule has 4 rings (SSSR count). The minimum Gasteiger partial charge on any atom is -0.462 e. The first kappa shape index (κ1) is 22.7. The molecule has 3 aromatic heterocycles. The number of aromatic nitrogens is 6. The molecule has 0 aliphatic carbocycles. The van der Waals surface area contributed by atoms with Crippen LogP contribution in [-0.2, 0) is 11.8 Å². The lowest BCUT2D eigenvalue weighted by Crippen LogP contribution is -2.09. The van der Waals surface area contributed by atoms with Gasteiger partial charge in [0.1, 0.15) is 23.5 Å². The van der Waals surface area contributed by atoms with Crippen LogP contribution in [0, 0.1) is 32.1 Å². The third kappa shape index (κ3) is 4.11. The van der Waals surface area contributed by atoms with E-state index in [0.717, 1.165) is 22.6 Å². The quantitative estimate of drug-likeness (QED) is 0.435. The van der Waals surface area contributed by atoms with Gasteiger partial charge in [0.15, 0.2) is 5.82 Å². The molecule has 0 bridgehead atoms. The number of benzene rings is 1. The number of hydrogen-bond donors (Lipinski definition) is 1. The number of ether oxygens (including phenoxy) is 1. The number of aryl methyl sites for hydroxylation is 2. The fourth-order valence-electron chi connectivity index (χ4n) is 3.80. The fraction of sp³-hybridized carbons (Fsp3) is 0.250. The first-order chi connectivity index (χ1) is 16.3. The molecule has 0 aliphatic heterocycles. The normalized spacial score (nSPS) is 10.7. The molecule has 0 fully saturated rings. The summed E-state index contributed by atoms with van der Waals surface area (Å²) in [5.41, 5.74) is 4.89. The van der Waals surface area contributed by atoms with Crippen molar-refractivity contribution in [3.63, 3.8) is 0 Å². The molecule has 172 valence electrons. The van der Waals surface area contributed by atoms with E-state index in [0.29, 0.717) is 40.8 Å². The van der Waals surface area contributed by atoms with E-state index < -0.39 is 5.97 Å². The van der Waals surface area contributed by atoms with Crippen LogP contribution in [0.5, 0.6) is 0 Å². The summed E-state index contributed by atoms with van der Waals surface area (Å²) in [6.45, 7) is 7.59. The minimum atomic E-state index is -0.406. The van der Waals surface area contributed by atoms with Crippen molar-refractivity contribution in [3.8, 4) is 23.1 Å². The van der Waals surface area contributed by atoms with Gasteiger partial charge in [-0.15, -0.1) is 0 Å². The highest BCUT2D eigenvalue weighted by atomic mass is 16.5. The monoisotopic (exact) mass is 456 g/mol. The number of anilines is 2. The van der Waals surface area contributed by atoms with Crippen LogP contribution in [-0.4, -0.2) is 42.1 Å². The molecule has 34 heavy (non-hydrogen) atoms. The molecule has 0 saturated heterocycles. The van der Waals surface area contributed by atoms with E-state index in [9.17, 15) is 4.79 Å². The van der Waals surface area contributed by atoms with Gasteiger partial charge < -0.3 is 10.1 Å². The highest BCUT2D eigenvalue weighted by molar-refractivity contribution is 5.92. The Morgan fingerprint density at radius 3 is 2.56 bits per heavy atom. The molecule has 10 heteroatoms. The molecule has 0 unspecified atom stereocenters. The van der Waals surface area contributed by atoms with E-state index in [2.05, 4.69) is 31.6 Å². The maximum Gasteiger partial charge on any atom is 0.341 e. The molecule has 4 aromatic rings. The van der Waals surface area contributed by atoms with E-state index in [4.69, 9.17) is 10.00 Å². The number of hydrogen-bond acceptors (Lipinski definition) is 8. The molecule has 0 radical (unpaired) electrons. The molecular weight excluding hydrogens is 432 g/mol. The van der Waals surface area contributed by atoms with Gasteiger partial charge in [-0.05, 0) is 39.8 Å². The molecule has 1 aromatic carbocycles. The van der Waals surface area contributed by atoms with Gasteiger partial charge in [0, 0.05) is 24.2 Å². The highest BCUT2D eigenvalue weighted by Gasteiger charge is 2.21. The van der Waals surface area contributed by atoms with Crippen LogP contribution in [0.2, 0.25) is 0 Å². The second kappa shape index (κ2) is 9.15. The molecule has 1 N–H and O–H groups in total. The molecule has 0 atom stereocenters. The predicted octanol–water partition coefficient (Wildman–Crippen LogP) is 3.78. The van der Waals surface area contributed by atoms with Crippen LogP contribution >= 0.6 is 0 Å². The first-order valence-electron chi connectivity index (χ1n) is 10.7. The van der Waals surface area contributed by atoms with Crippen LogP contribution in [0.3, 0.4) is 0 Å². The van der Waals surface area contributed by atoms with Gasteiger partial charge in [0.05, 0.1) is 35.3 Å². The summed E-state index contributed by atoms with van der Waals surface area (Å²) in [6, 6.07) is 11.2. The molecule has 0 aliphatic rings. The molecule has 10 nitrogen and oxygen atoms in total. The number of rotatable bonds is 6. The van der Waals surface area contributed by atoms with Gasteiger partial charge in [0.25, 0.3) is 0 Å².